The smallest absolute Gasteiger partial charge is 0.346 e. The summed E-state index contributed by atoms with van der Waals surface area (Å²) in [5, 5.41) is 0. The molecule has 0 bridgehead atoms. The normalized spacial score (nSPS) is 24.2. The number of rotatable bonds is 0. The van der Waals surface area contributed by atoms with Crippen molar-refractivity contribution >= 4 is 0 Å². The predicted octanol–water partition coefficient (Wildman–Crippen LogP) is 3.31. The average Bonchev–Trinajstić information content (AvgIpc) is 2.04. The molecule has 0 spiro atoms. The van der Waals surface area contributed by atoms with Crippen molar-refractivity contribution < 1.29 is 31.1 Å². The van der Waals surface area contributed by atoms with E-state index < -0.39 is 0 Å². The average molecular weight is 421 g/mol. The molecule has 1 fully saturated rings. The third-order valence-electron chi connectivity index (χ3n) is 3.10. The van der Waals surface area contributed by atoms with Gasteiger partial charge in [-0.25, -0.2) is 0 Å². The molecular weight excluding hydrogens is 396 g/mol. The Hall–Kier alpha value is 1.01. The van der Waals surface area contributed by atoms with Gasteiger partial charge in [-0.05, 0) is 45.8 Å². The Bertz CT molecular complexity index is 136. The summed E-state index contributed by atoms with van der Waals surface area (Å²) in [7, 11) is 2.23. The van der Waals surface area contributed by atoms with Crippen LogP contribution in [0, 0.1) is 44.5 Å². The largest absolute Gasteiger partial charge is 2.00 e. The first kappa shape index (κ1) is 17.4. The van der Waals surface area contributed by atoms with Crippen molar-refractivity contribution in [3.8, 4) is 0 Å². The van der Waals surface area contributed by atoms with E-state index in [1.165, 1.54) is 12.8 Å². The summed E-state index contributed by atoms with van der Waals surface area (Å²) in [5.74, 6) is 0. The summed E-state index contributed by atoms with van der Waals surface area (Å²) >= 11 is 0. The van der Waals surface area contributed by atoms with Crippen molar-refractivity contribution in [1.29, 1.82) is 0 Å². The molecule has 0 aromatic heterocycles. The molecule has 0 aromatic rings. The van der Waals surface area contributed by atoms with E-state index in [0.29, 0.717) is 11.1 Å². The van der Waals surface area contributed by atoms with Crippen LogP contribution in [0.1, 0.15) is 47.5 Å². The van der Waals surface area contributed by atoms with E-state index in [0.717, 1.165) is 0 Å². The molecule has 1 aliphatic rings. The Morgan fingerprint density at radius 3 is 1.50 bits per heavy atom. The molecule has 2 heteroatoms. The molecule has 0 aliphatic carbocycles. The summed E-state index contributed by atoms with van der Waals surface area (Å²) < 4.78 is 0. The van der Waals surface area contributed by atoms with Gasteiger partial charge in [0.05, 0.1) is 0 Å². The van der Waals surface area contributed by atoms with Crippen LogP contribution in [0.2, 0.25) is 0 Å². The fraction of sp³-hybridized carbons (Fsp3) is 0.833. The topological polar surface area (TPSA) is 3.24 Å². The molecule has 0 atom stereocenters. The number of hydrogen-bond donors (Lipinski definition) is 0. The molecule has 0 N–H and O–H groups in total. The maximum atomic E-state index is 3.25. The second-order valence-corrected chi connectivity index (χ2v) is 4.88. The van der Waals surface area contributed by atoms with Gasteiger partial charge in [0.2, 0.25) is 0 Å². The fourth-order valence-corrected chi connectivity index (χ4v) is 1.87. The first-order chi connectivity index (χ1) is 5.86. The Balaban J connectivity index is 0. The van der Waals surface area contributed by atoms with Crippen molar-refractivity contribution in [2.45, 2.75) is 58.5 Å². The number of nitrogens with zero attached hydrogens (tertiary/aromatic N) is 1. The quantitative estimate of drug-likeness (QED) is 0.543. The van der Waals surface area contributed by atoms with E-state index >= 15 is 0 Å². The molecule has 1 aliphatic heterocycles. The zero-order chi connectivity index (χ0) is 10.7. The van der Waals surface area contributed by atoms with E-state index in [4.69, 9.17) is 0 Å². The van der Waals surface area contributed by atoms with Gasteiger partial charge in [-0.2, -0.15) is 19.8 Å². The molecule has 1 rings (SSSR count). The molecule has 0 aromatic carbocycles. The van der Waals surface area contributed by atoms with Gasteiger partial charge in [0.25, 0.3) is 0 Å². The molecule has 1 nitrogen and oxygen atoms in total. The van der Waals surface area contributed by atoms with Crippen LogP contribution < -0.4 is 0 Å². The maximum absolute atomic E-state index is 3.25. The zero-order valence-electron chi connectivity index (χ0n) is 10.6. The zero-order valence-corrected chi connectivity index (χ0v) is 14.8. The van der Waals surface area contributed by atoms with Crippen molar-refractivity contribution in [3.05, 3.63) is 13.3 Å². The molecule has 0 radical (unpaired) electrons. The molecule has 14 heavy (non-hydrogen) atoms. The predicted molar refractivity (Wildman–Crippen MR) is 60.5 cm³/mol. The molecule has 1 saturated heterocycles. The van der Waals surface area contributed by atoms with Crippen LogP contribution in [0.5, 0.6) is 0 Å². The van der Waals surface area contributed by atoms with Crippen LogP contribution in [-0.4, -0.2) is 23.0 Å². The van der Waals surface area contributed by atoms with Gasteiger partial charge in [-0.3, -0.25) is 0 Å². The van der Waals surface area contributed by atoms with Crippen LogP contribution in [-0.2, 0) is 0 Å². The molecular formula is C12H25NU. The summed E-state index contributed by atoms with van der Waals surface area (Å²) in [6, 6.07) is 0. The SMILES string of the molecule is CN1C(C)(C)C[CH-]CC1(C)C.[CH2-]C.[U+2]. The number of hydrogen-bond acceptors (Lipinski definition) is 1. The van der Waals surface area contributed by atoms with Crippen LogP contribution in [0.15, 0.2) is 0 Å². The summed E-state index contributed by atoms with van der Waals surface area (Å²) in [6.45, 7) is 14.2. The van der Waals surface area contributed by atoms with E-state index in [-0.39, 0.29) is 31.1 Å². The van der Waals surface area contributed by atoms with Gasteiger partial charge in [0.15, 0.2) is 0 Å². The van der Waals surface area contributed by atoms with Crippen molar-refractivity contribution in [2.24, 2.45) is 0 Å². The Labute approximate surface area is 114 Å². The van der Waals surface area contributed by atoms with Gasteiger partial charge in [-0.1, -0.05) is 0 Å². The van der Waals surface area contributed by atoms with Crippen molar-refractivity contribution in [3.63, 3.8) is 0 Å². The van der Waals surface area contributed by atoms with Crippen LogP contribution in [0.4, 0.5) is 0 Å². The molecule has 0 unspecified atom stereocenters. The van der Waals surface area contributed by atoms with Crippen molar-refractivity contribution in [2.75, 3.05) is 7.05 Å². The number of likely N-dealkylation sites (tertiary alicyclic amines) is 1. The Kier molecular flexibility index (Phi) is 8.16. The van der Waals surface area contributed by atoms with Crippen molar-refractivity contribution in [1.82, 2.24) is 4.90 Å². The van der Waals surface area contributed by atoms with Gasteiger partial charge >= 0.3 is 31.1 Å². The Morgan fingerprint density at radius 2 is 1.29 bits per heavy atom. The van der Waals surface area contributed by atoms with Gasteiger partial charge in [0.1, 0.15) is 0 Å². The minimum Gasteiger partial charge on any atom is -0.346 e. The van der Waals surface area contributed by atoms with E-state index in [1.807, 2.05) is 0 Å². The van der Waals surface area contributed by atoms with E-state index in [1.54, 1.807) is 6.92 Å². The van der Waals surface area contributed by atoms with Crippen LogP contribution in [0.3, 0.4) is 0 Å². The van der Waals surface area contributed by atoms with Crippen LogP contribution >= 0.6 is 0 Å². The second kappa shape index (κ2) is 6.56. The molecule has 1 heterocycles. The van der Waals surface area contributed by atoms with E-state index in [9.17, 15) is 0 Å². The first-order valence-corrected chi connectivity index (χ1v) is 5.13. The first-order valence-electron chi connectivity index (χ1n) is 5.13. The molecule has 0 amide bonds. The minimum absolute atomic E-state index is 0. The summed E-state index contributed by atoms with van der Waals surface area (Å²) in [6.07, 6.45) is 4.85. The maximum Gasteiger partial charge on any atom is 2.00 e. The number of piperidine rings is 1. The third kappa shape index (κ3) is 4.25. The van der Waals surface area contributed by atoms with Gasteiger partial charge in [-0.15, -0.1) is 0 Å². The summed E-state index contributed by atoms with van der Waals surface area (Å²) in [4.78, 5) is 2.49. The van der Waals surface area contributed by atoms with Gasteiger partial charge < -0.3 is 18.2 Å². The monoisotopic (exact) mass is 421 g/mol. The van der Waals surface area contributed by atoms with Crippen LogP contribution in [0.25, 0.3) is 0 Å². The summed E-state index contributed by atoms with van der Waals surface area (Å²) in [5.41, 5.74) is 0.698. The molecule has 82 valence electrons. The van der Waals surface area contributed by atoms with E-state index in [2.05, 4.69) is 53.0 Å². The third-order valence-corrected chi connectivity index (χ3v) is 3.10. The Morgan fingerprint density at radius 1 is 1.00 bits per heavy atom. The van der Waals surface area contributed by atoms with Gasteiger partial charge in [0, 0.05) is 0 Å². The standard InChI is InChI=1S/C10H20N.C2H5.U/c1-9(2)7-6-8-10(3,4)11(9)5;1-2;/h6H,7-8H2,1-5H3;1H2,2H3;/q2*-1;+2. The minimum atomic E-state index is 0. The second-order valence-electron chi connectivity index (χ2n) is 4.88. The molecule has 0 saturated carbocycles. The fourth-order valence-electron chi connectivity index (χ4n) is 1.87.